The molecular weight excluding hydrogens is 172 g/mol. The van der Waals surface area contributed by atoms with Crippen LogP contribution in [0.3, 0.4) is 0 Å². The molecule has 1 aliphatic carbocycles. The molecule has 2 nitrogen and oxygen atoms in total. The Labute approximate surface area is 88.8 Å². The van der Waals surface area contributed by atoms with E-state index in [4.69, 9.17) is 5.73 Å². The minimum Gasteiger partial charge on any atom is -0.324 e. The zero-order valence-corrected chi connectivity index (χ0v) is 10.1. The summed E-state index contributed by atoms with van der Waals surface area (Å²) in [6, 6.07) is 0.682. The molecule has 2 heteroatoms. The normalized spacial score (nSPS) is 22.9. The second kappa shape index (κ2) is 5.13. The summed E-state index contributed by atoms with van der Waals surface area (Å²) in [5.74, 6) is 0. The average molecular weight is 198 g/mol. The van der Waals surface area contributed by atoms with Crippen LogP contribution < -0.4 is 5.73 Å². The predicted molar refractivity (Wildman–Crippen MR) is 62.4 cm³/mol. The highest BCUT2D eigenvalue weighted by Gasteiger charge is 2.31. The van der Waals surface area contributed by atoms with Crippen LogP contribution in [0.15, 0.2) is 0 Å². The van der Waals surface area contributed by atoms with Crippen LogP contribution in [0.1, 0.15) is 52.9 Å². The molecular formula is C12H26N2. The molecule has 1 unspecified atom stereocenters. The Morgan fingerprint density at radius 1 is 1.29 bits per heavy atom. The highest BCUT2D eigenvalue weighted by Crippen LogP contribution is 2.28. The SMILES string of the molecule is CCC(C)N(CC)CC1(N)CCCC1. The summed E-state index contributed by atoms with van der Waals surface area (Å²) >= 11 is 0. The van der Waals surface area contributed by atoms with Crippen molar-refractivity contribution >= 4 is 0 Å². The van der Waals surface area contributed by atoms with Gasteiger partial charge >= 0.3 is 0 Å². The van der Waals surface area contributed by atoms with E-state index in [0.29, 0.717) is 6.04 Å². The molecule has 0 aromatic rings. The van der Waals surface area contributed by atoms with Gasteiger partial charge < -0.3 is 5.73 Å². The Balaban J connectivity index is 2.46. The van der Waals surface area contributed by atoms with Crippen LogP contribution in [0.4, 0.5) is 0 Å². The van der Waals surface area contributed by atoms with Crippen LogP contribution in [-0.2, 0) is 0 Å². The Morgan fingerprint density at radius 3 is 2.29 bits per heavy atom. The van der Waals surface area contributed by atoms with Gasteiger partial charge in [-0.05, 0) is 32.7 Å². The molecule has 0 radical (unpaired) electrons. The van der Waals surface area contributed by atoms with Gasteiger partial charge in [0.2, 0.25) is 0 Å². The van der Waals surface area contributed by atoms with Gasteiger partial charge in [0.05, 0.1) is 0 Å². The van der Waals surface area contributed by atoms with E-state index in [0.717, 1.165) is 13.1 Å². The Morgan fingerprint density at radius 2 is 1.86 bits per heavy atom. The highest BCUT2D eigenvalue weighted by atomic mass is 15.2. The number of rotatable bonds is 5. The summed E-state index contributed by atoms with van der Waals surface area (Å²) in [6.07, 6.45) is 6.33. The first-order chi connectivity index (χ1) is 6.61. The molecule has 0 bridgehead atoms. The molecule has 1 atom stereocenters. The predicted octanol–water partition coefficient (Wildman–Crippen LogP) is 2.38. The smallest absolute Gasteiger partial charge is 0.0283 e. The van der Waals surface area contributed by atoms with E-state index in [1.54, 1.807) is 0 Å². The van der Waals surface area contributed by atoms with Gasteiger partial charge in [-0.25, -0.2) is 0 Å². The molecule has 1 saturated carbocycles. The number of nitrogens with zero attached hydrogens (tertiary/aromatic N) is 1. The minimum absolute atomic E-state index is 0.124. The molecule has 1 rings (SSSR count). The van der Waals surface area contributed by atoms with E-state index in [9.17, 15) is 0 Å². The summed E-state index contributed by atoms with van der Waals surface area (Å²) in [4.78, 5) is 2.53. The zero-order valence-electron chi connectivity index (χ0n) is 10.1. The van der Waals surface area contributed by atoms with Gasteiger partial charge in [0.25, 0.3) is 0 Å². The Bertz CT molecular complexity index is 162. The molecule has 0 aromatic carbocycles. The molecule has 1 aliphatic rings. The van der Waals surface area contributed by atoms with E-state index in [-0.39, 0.29) is 5.54 Å². The lowest BCUT2D eigenvalue weighted by Crippen LogP contribution is -2.50. The molecule has 84 valence electrons. The van der Waals surface area contributed by atoms with Crippen molar-refractivity contribution in [2.24, 2.45) is 5.73 Å². The molecule has 0 spiro atoms. The summed E-state index contributed by atoms with van der Waals surface area (Å²) in [5, 5.41) is 0. The minimum atomic E-state index is 0.124. The third-order valence-corrected chi connectivity index (χ3v) is 3.74. The van der Waals surface area contributed by atoms with Crippen LogP contribution in [0.25, 0.3) is 0 Å². The van der Waals surface area contributed by atoms with Gasteiger partial charge in [-0.2, -0.15) is 0 Å². The Hall–Kier alpha value is -0.0800. The summed E-state index contributed by atoms with van der Waals surface area (Å²) in [7, 11) is 0. The number of hydrogen-bond acceptors (Lipinski definition) is 2. The van der Waals surface area contributed by atoms with Crippen molar-refractivity contribution in [3.8, 4) is 0 Å². The fourth-order valence-electron chi connectivity index (χ4n) is 2.48. The van der Waals surface area contributed by atoms with Crippen LogP contribution in [0, 0.1) is 0 Å². The fraction of sp³-hybridized carbons (Fsp3) is 1.00. The van der Waals surface area contributed by atoms with Crippen molar-refractivity contribution in [2.45, 2.75) is 64.5 Å². The second-order valence-electron chi connectivity index (χ2n) is 4.89. The maximum Gasteiger partial charge on any atom is 0.0283 e. The topological polar surface area (TPSA) is 29.3 Å². The van der Waals surface area contributed by atoms with Crippen LogP contribution >= 0.6 is 0 Å². The van der Waals surface area contributed by atoms with E-state index >= 15 is 0 Å². The van der Waals surface area contributed by atoms with Crippen LogP contribution in [-0.4, -0.2) is 29.6 Å². The van der Waals surface area contributed by atoms with Gasteiger partial charge in [-0.15, -0.1) is 0 Å². The monoisotopic (exact) mass is 198 g/mol. The first kappa shape index (κ1) is 12.0. The fourth-order valence-corrected chi connectivity index (χ4v) is 2.48. The van der Waals surface area contributed by atoms with Crippen molar-refractivity contribution in [2.75, 3.05) is 13.1 Å². The third-order valence-electron chi connectivity index (χ3n) is 3.74. The van der Waals surface area contributed by atoms with E-state index < -0.39 is 0 Å². The van der Waals surface area contributed by atoms with Crippen molar-refractivity contribution in [1.29, 1.82) is 0 Å². The molecule has 14 heavy (non-hydrogen) atoms. The molecule has 0 amide bonds. The van der Waals surface area contributed by atoms with Gasteiger partial charge in [-0.3, -0.25) is 4.90 Å². The number of nitrogens with two attached hydrogens (primary N) is 1. The van der Waals surface area contributed by atoms with Crippen LogP contribution in [0.5, 0.6) is 0 Å². The summed E-state index contributed by atoms with van der Waals surface area (Å²) in [6.45, 7) is 9.03. The van der Waals surface area contributed by atoms with E-state index in [2.05, 4.69) is 25.7 Å². The quantitative estimate of drug-likeness (QED) is 0.735. The van der Waals surface area contributed by atoms with Crippen LogP contribution in [0.2, 0.25) is 0 Å². The third kappa shape index (κ3) is 2.96. The summed E-state index contributed by atoms with van der Waals surface area (Å²) < 4.78 is 0. The number of likely N-dealkylation sites (N-methyl/N-ethyl adjacent to an activating group) is 1. The lowest BCUT2D eigenvalue weighted by atomic mass is 9.97. The largest absolute Gasteiger partial charge is 0.324 e. The zero-order chi connectivity index (χ0) is 10.6. The average Bonchev–Trinajstić information content (AvgIpc) is 2.61. The van der Waals surface area contributed by atoms with Gasteiger partial charge in [0.15, 0.2) is 0 Å². The lowest BCUT2D eigenvalue weighted by Gasteiger charge is -2.35. The van der Waals surface area contributed by atoms with Gasteiger partial charge in [-0.1, -0.05) is 26.7 Å². The molecule has 0 aromatic heterocycles. The highest BCUT2D eigenvalue weighted by molar-refractivity contribution is 4.92. The molecule has 0 aliphatic heterocycles. The van der Waals surface area contributed by atoms with E-state index in [1.807, 2.05) is 0 Å². The van der Waals surface area contributed by atoms with Crippen molar-refractivity contribution < 1.29 is 0 Å². The number of hydrogen-bond donors (Lipinski definition) is 1. The van der Waals surface area contributed by atoms with Gasteiger partial charge in [0, 0.05) is 18.1 Å². The summed E-state index contributed by atoms with van der Waals surface area (Å²) in [5.41, 5.74) is 6.51. The standard InChI is InChI=1S/C12H26N2/c1-4-11(3)14(5-2)10-12(13)8-6-7-9-12/h11H,4-10,13H2,1-3H3. The molecule has 1 fully saturated rings. The van der Waals surface area contributed by atoms with Crippen molar-refractivity contribution in [3.05, 3.63) is 0 Å². The first-order valence-electron chi connectivity index (χ1n) is 6.14. The molecule has 2 N–H and O–H groups in total. The van der Waals surface area contributed by atoms with Crippen molar-refractivity contribution in [3.63, 3.8) is 0 Å². The molecule has 0 heterocycles. The maximum atomic E-state index is 6.39. The second-order valence-corrected chi connectivity index (χ2v) is 4.89. The maximum absolute atomic E-state index is 6.39. The molecule has 0 saturated heterocycles. The van der Waals surface area contributed by atoms with Gasteiger partial charge in [0.1, 0.15) is 0 Å². The Kier molecular flexibility index (Phi) is 4.39. The first-order valence-corrected chi connectivity index (χ1v) is 6.14. The van der Waals surface area contributed by atoms with E-state index in [1.165, 1.54) is 32.1 Å². The lowest BCUT2D eigenvalue weighted by molar-refractivity contribution is 0.166. The van der Waals surface area contributed by atoms with Crippen molar-refractivity contribution in [1.82, 2.24) is 4.90 Å².